The number of piperazine rings is 1. The number of hydrogen-bond acceptors (Lipinski definition) is 4. The van der Waals surface area contributed by atoms with E-state index in [0.717, 1.165) is 30.7 Å². The van der Waals surface area contributed by atoms with Crippen LogP contribution in [0, 0.1) is 0 Å². The number of halogens is 1. The second-order valence-corrected chi connectivity index (χ2v) is 5.42. The maximum absolute atomic E-state index is 11.7. The lowest BCUT2D eigenvalue weighted by Crippen LogP contribution is -2.41. The van der Waals surface area contributed by atoms with Crippen molar-refractivity contribution in [3.63, 3.8) is 0 Å². The Balaban J connectivity index is 1.84. The molecule has 1 amide bonds. The van der Waals surface area contributed by atoms with Crippen molar-refractivity contribution in [2.24, 2.45) is 0 Å². The minimum absolute atomic E-state index is 0.162. The van der Waals surface area contributed by atoms with E-state index in [4.69, 9.17) is 0 Å². The molecule has 2 heterocycles. The van der Waals surface area contributed by atoms with Crippen molar-refractivity contribution in [2.45, 2.75) is 0 Å². The van der Waals surface area contributed by atoms with E-state index >= 15 is 0 Å². The Morgan fingerprint density at radius 1 is 1.42 bits per heavy atom. The molecule has 1 aliphatic heterocycles. The lowest BCUT2D eigenvalue weighted by molar-refractivity contribution is -0.112. The van der Waals surface area contributed by atoms with Crippen LogP contribution in [-0.2, 0) is 4.79 Å². The fraction of sp³-hybridized carbons (Fsp3) is 0.385. The van der Waals surface area contributed by atoms with Gasteiger partial charge in [-0.2, -0.15) is 0 Å². The lowest BCUT2D eigenvalue weighted by Gasteiger charge is -2.31. The van der Waals surface area contributed by atoms with Gasteiger partial charge in [0.2, 0.25) is 0 Å². The molecular weight excluding hydrogens is 308 g/mol. The predicted octanol–water partition coefficient (Wildman–Crippen LogP) is 1.54. The van der Waals surface area contributed by atoms with Gasteiger partial charge in [0.15, 0.2) is 0 Å². The van der Waals surface area contributed by atoms with Gasteiger partial charge in [-0.25, -0.2) is 4.98 Å². The second kappa shape index (κ2) is 6.68. The largest absolute Gasteiger partial charge is 0.375 e. The first-order valence-corrected chi connectivity index (χ1v) is 6.96. The highest BCUT2D eigenvalue weighted by molar-refractivity contribution is 9.10. The number of nitrogens with zero attached hydrogens (tertiary/aromatic N) is 3. The van der Waals surface area contributed by atoms with Crippen LogP contribution in [0.3, 0.4) is 0 Å². The maximum atomic E-state index is 11.7. The molecule has 19 heavy (non-hydrogen) atoms. The molecule has 0 unspecified atom stereocenters. The molecule has 0 bridgehead atoms. The summed E-state index contributed by atoms with van der Waals surface area (Å²) in [7, 11) is 2.10. The van der Waals surface area contributed by atoms with Crippen LogP contribution in [0.25, 0.3) is 0 Å². The van der Waals surface area contributed by atoms with E-state index in [1.165, 1.54) is 0 Å². The molecule has 1 aliphatic rings. The second-order valence-electron chi connectivity index (χ2n) is 4.50. The van der Waals surface area contributed by atoms with Crippen LogP contribution >= 0.6 is 15.9 Å². The third-order valence-electron chi connectivity index (χ3n) is 2.95. The Hall–Kier alpha value is -1.40. The summed E-state index contributed by atoms with van der Waals surface area (Å²) in [5, 5.41) is 2.73. The Morgan fingerprint density at radius 3 is 2.84 bits per heavy atom. The van der Waals surface area contributed by atoms with Gasteiger partial charge in [0, 0.05) is 49.1 Å². The van der Waals surface area contributed by atoms with Crippen LogP contribution in [0.1, 0.15) is 0 Å². The molecule has 0 aromatic carbocycles. The van der Waals surface area contributed by atoms with Crippen molar-refractivity contribution >= 4 is 27.7 Å². The van der Waals surface area contributed by atoms with Crippen LogP contribution in [-0.4, -0.2) is 53.9 Å². The van der Waals surface area contributed by atoms with E-state index < -0.39 is 0 Å². The van der Waals surface area contributed by atoms with Gasteiger partial charge in [0.1, 0.15) is 5.82 Å². The Kier molecular flexibility index (Phi) is 4.93. The van der Waals surface area contributed by atoms with Crippen molar-refractivity contribution in [1.82, 2.24) is 14.8 Å². The topological polar surface area (TPSA) is 48.5 Å². The first kappa shape index (κ1) is 14.0. The number of likely N-dealkylation sites (N-methyl/N-ethyl adjacent to an activating group) is 1. The summed E-state index contributed by atoms with van der Waals surface area (Å²) in [5.74, 6) is 0.381. The predicted molar refractivity (Wildman–Crippen MR) is 78.8 cm³/mol. The molecule has 5 nitrogen and oxygen atoms in total. The number of pyridine rings is 1. The summed E-state index contributed by atoms with van der Waals surface area (Å²) in [6, 6.07) is 3.58. The van der Waals surface area contributed by atoms with Gasteiger partial charge in [-0.05, 0) is 19.2 Å². The zero-order valence-corrected chi connectivity index (χ0v) is 12.4. The normalized spacial score (nSPS) is 16.8. The average Bonchev–Trinajstić information content (AvgIpc) is 2.38. The first-order valence-electron chi connectivity index (χ1n) is 6.17. The van der Waals surface area contributed by atoms with Gasteiger partial charge in [0.05, 0.1) is 0 Å². The quantitative estimate of drug-likeness (QED) is 0.857. The van der Waals surface area contributed by atoms with E-state index in [1.54, 1.807) is 18.3 Å². The smallest absolute Gasteiger partial charge is 0.250 e. The number of carbonyl (C=O) groups excluding carboxylic acids is 1. The maximum Gasteiger partial charge on any atom is 0.250 e. The van der Waals surface area contributed by atoms with Crippen molar-refractivity contribution in [3.05, 3.63) is 35.1 Å². The number of nitrogens with one attached hydrogen (secondary N) is 1. The highest BCUT2D eigenvalue weighted by atomic mass is 79.9. The van der Waals surface area contributed by atoms with Gasteiger partial charge in [0.25, 0.3) is 5.91 Å². The van der Waals surface area contributed by atoms with Gasteiger partial charge in [-0.3, -0.25) is 4.79 Å². The van der Waals surface area contributed by atoms with Gasteiger partial charge < -0.3 is 15.1 Å². The number of carbonyl (C=O) groups is 1. The molecule has 1 aromatic heterocycles. The molecule has 0 aliphatic carbocycles. The minimum Gasteiger partial charge on any atom is -0.375 e. The molecule has 0 saturated carbocycles. The minimum atomic E-state index is -0.162. The molecule has 0 radical (unpaired) electrons. The lowest BCUT2D eigenvalue weighted by atomic mass is 10.3. The number of anilines is 1. The SMILES string of the molecule is CN1CCN(C=CC(=O)Nc2cc(Br)ccn2)CC1. The number of hydrogen-bond donors (Lipinski definition) is 1. The molecule has 1 saturated heterocycles. The van der Waals surface area contributed by atoms with Crippen molar-refractivity contribution < 1.29 is 4.79 Å². The van der Waals surface area contributed by atoms with Crippen molar-refractivity contribution in [3.8, 4) is 0 Å². The molecule has 2 rings (SSSR count). The molecule has 0 atom stereocenters. The van der Waals surface area contributed by atoms with Crippen LogP contribution in [0.4, 0.5) is 5.82 Å². The Labute approximate surface area is 121 Å². The molecule has 1 aromatic rings. The van der Waals surface area contributed by atoms with Crippen LogP contribution < -0.4 is 5.32 Å². The fourth-order valence-corrected chi connectivity index (χ4v) is 2.12. The zero-order valence-electron chi connectivity index (χ0n) is 10.8. The van der Waals surface area contributed by atoms with E-state index in [9.17, 15) is 4.79 Å². The van der Waals surface area contributed by atoms with Crippen LogP contribution in [0.15, 0.2) is 35.1 Å². The van der Waals surface area contributed by atoms with Crippen molar-refractivity contribution in [1.29, 1.82) is 0 Å². The molecule has 1 N–H and O–H groups in total. The summed E-state index contributed by atoms with van der Waals surface area (Å²) < 4.78 is 0.890. The third-order valence-corrected chi connectivity index (χ3v) is 3.44. The first-order chi connectivity index (χ1) is 9.13. The standard InChI is InChI=1S/C13H17BrN4O/c1-17-6-8-18(9-7-17)5-3-13(19)16-12-10-11(14)2-4-15-12/h2-5,10H,6-9H2,1H3,(H,15,16,19). The fourth-order valence-electron chi connectivity index (χ4n) is 1.79. The molecule has 102 valence electrons. The molecular formula is C13H17BrN4O. The summed E-state index contributed by atoms with van der Waals surface area (Å²) in [4.78, 5) is 20.2. The van der Waals surface area contributed by atoms with E-state index in [0.29, 0.717) is 5.82 Å². The zero-order chi connectivity index (χ0) is 13.7. The Bertz CT molecular complexity index is 469. The Morgan fingerprint density at radius 2 is 2.16 bits per heavy atom. The number of amides is 1. The summed E-state index contributed by atoms with van der Waals surface area (Å²) >= 11 is 3.34. The number of rotatable bonds is 3. The van der Waals surface area contributed by atoms with Gasteiger partial charge >= 0.3 is 0 Å². The average molecular weight is 325 g/mol. The summed E-state index contributed by atoms with van der Waals surface area (Å²) in [6.45, 7) is 3.96. The van der Waals surface area contributed by atoms with E-state index in [1.807, 2.05) is 12.3 Å². The summed E-state index contributed by atoms with van der Waals surface area (Å²) in [6.07, 6.45) is 5.04. The van der Waals surface area contributed by atoms with Gasteiger partial charge in [-0.15, -0.1) is 0 Å². The van der Waals surface area contributed by atoms with E-state index in [2.05, 4.69) is 43.1 Å². The third kappa shape index (κ3) is 4.65. The molecule has 0 spiro atoms. The molecule has 1 fully saturated rings. The summed E-state index contributed by atoms with van der Waals surface area (Å²) in [5.41, 5.74) is 0. The molecule has 6 heteroatoms. The number of aromatic nitrogens is 1. The highest BCUT2D eigenvalue weighted by Crippen LogP contribution is 2.12. The highest BCUT2D eigenvalue weighted by Gasteiger charge is 2.10. The van der Waals surface area contributed by atoms with Gasteiger partial charge in [-0.1, -0.05) is 15.9 Å². The van der Waals surface area contributed by atoms with Crippen LogP contribution in [0.2, 0.25) is 0 Å². The van der Waals surface area contributed by atoms with E-state index in [-0.39, 0.29) is 5.91 Å². The monoisotopic (exact) mass is 324 g/mol. The van der Waals surface area contributed by atoms with Crippen LogP contribution in [0.5, 0.6) is 0 Å². The van der Waals surface area contributed by atoms with Crippen molar-refractivity contribution in [2.75, 3.05) is 38.5 Å².